The molecule has 24 heavy (non-hydrogen) atoms. The number of carbonyl (C=O) groups excluding carboxylic acids is 2. The van der Waals surface area contributed by atoms with Crippen molar-refractivity contribution < 1.29 is 9.59 Å². The standard InChI is InChI=1S/C19H20N2O2S/c1-3-11-21(14-16-9-7-12-24-16)19(23)13-15-8-5-6-10-17(15)20-18(22)4-2/h3-10,12H,1-2,11,13-14H2,(H,20,22). The molecular formula is C19H20N2O2S. The molecule has 0 bridgehead atoms. The lowest BCUT2D eigenvalue weighted by Gasteiger charge is -2.21. The quantitative estimate of drug-likeness (QED) is 0.589. The molecule has 1 heterocycles. The molecule has 0 radical (unpaired) electrons. The molecule has 0 spiro atoms. The molecule has 2 amide bonds. The molecule has 2 aromatic rings. The molecule has 0 saturated heterocycles. The molecule has 0 aliphatic rings. The third-order valence-electron chi connectivity index (χ3n) is 3.43. The zero-order valence-corrected chi connectivity index (χ0v) is 14.2. The fourth-order valence-corrected chi connectivity index (χ4v) is 2.98. The van der Waals surface area contributed by atoms with Crippen molar-refractivity contribution >= 4 is 28.8 Å². The molecule has 0 unspecified atom stereocenters. The number of hydrogen-bond donors (Lipinski definition) is 1. The Kier molecular flexibility index (Phi) is 6.51. The van der Waals surface area contributed by atoms with Crippen LogP contribution in [0.25, 0.3) is 0 Å². The Morgan fingerprint density at radius 1 is 1.17 bits per heavy atom. The van der Waals surface area contributed by atoms with Gasteiger partial charge < -0.3 is 10.2 Å². The van der Waals surface area contributed by atoms with Crippen molar-refractivity contribution in [3.63, 3.8) is 0 Å². The molecule has 4 nitrogen and oxygen atoms in total. The van der Waals surface area contributed by atoms with Gasteiger partial charge in [-0.2, -0.15) is 0 Å². The number of carbonyl (C=O) groups is 2. The van der Waals surface area contributed by atoms with E-state index in [4.69, 9.17) is 0 Å². The molecule has 0 aliphatic heterocycles. The number of nitrogens with zero attached hydrogens (tertiary/aromatic N) is 1. The lowest BCUT2D eigenvalue weighted by Crippen LogP contribution is -2.32. The monoisotopic (exact) mass is 340 g/mol. The first-order chi connectivity index (χ1) is 11.6. The molecular weight excluding hydrogens is 320 g/mol. The van der Waals surface area contributed by atoms with Gasteiger partial charge in [0.25, 0.3) is 0 Å². The van der Waals surface area contributed by atoms with Crippen LogP contribution in [0.3, 0.4) is 0 Å². The Morgan fingerprint density at radius 3 is 2.62 bits per heavy atom. The highest BCUT2D eigenvalue weighted by molar-refractivity contribution is 7.09. The van der Waals surface area contributed by atoms with Gasteiger partial charge in [0.2, 0.25) is 11.8 Å². The summed E-state index contributed by atoms with van der Waals surface area (Å²) in [5.74, 6) is -0.306. The summed E-state index contributed by atoms with van der Waals surface area (Å²) in [6.45, 7) is 8.22. The average molecular weight is 340 g/mol. The zero-order chi connectivity index (χ0) is 17.4. The van der Waals surface area contributed by atoms with Gasteiger partial charge in [-0.15, -0.1) is 17.9 Å². The normalized spacial score (nSPS) is 10.0. The van der Waals surface area contributed by atoms with Gasteiger partial charge in [-0.3, -0.25) is 9.59 Å². The first-order valence-corrected chi connectivity index (χ1v) is 8.44. The van der Waals surface area contributed by atoms with Crippen LogP contribution in [0.5, 0.6) is 0 Å². The predicted molar refractivity (Wildman–Crippen MR) is 98.9 cm³/mol. The van der Waals surface area contributed by atoms with Gasteiger partial charge in [0, 0.05) is 17.1 Å². The topological polar surface area (TPSA) is 49.4 Å². The molecule has 1 aromatic heterocycles. The third-order valence-corrected chi connectivity index (χ3v) is 4.29. The molecule has 124 valence electrons. The smallest absolute Gasteiger partial charge is 0.247 e. The summed E-state index contributed by atoms with van der Waals surface area (Å²) < 4.78 is 0. The second-order valence-electron chi connectivity index (χ2n) is 5.17. The summed E-state index contributed by atoms with van der Waals surface area (Å²) in [6.07, 6.45) is 3.14. The SMILES string of the molecule is C=CCN(Cc1cccs1)C(=O)Cc1ccccc1NC(=O)C=C. The Labute approximate surface area is 146 Å². The maximum Gasteiger partial charge on any atom is 0.247 e. The lowest BCUT2D eigenvalue weighted by atomic mass is 10.1. The van der Waals surface area contributed by atoms with Gasteiger partial charge >= 0.3 is 0 Å². The number of thiophene rings is 1. The fourth-order valence-electron chi connectivity index (χ4n) is 2.26. The van der Waals surface area contributed by atoms with Crippen LogP contribution in [0.4, 0.5) is 5.69 Å². The minimum Gasteiger partial charge on any atom is -0.334 e. The second-order valence-corrected chi connectivity index (χ2v) is 6.20. The number of benzene rings is 1. The number of rotatable bonds is 8. The van der Waals surface area contributed by atoms with E-state index in [1.54, 1.807) is 28.4 Å². The van der Waals surface area contributed by atoms with Crippen molar-refractivity contribution in [3.8, 4) is 0 Å². The van der Waals surface area contributed by atoms with E-state index in [1.165, 1.54) is 6.08 Å². The van der Waals surface area contributed by atoms with Crippen molar-refractivity contribution in [2.24, 2.45) is 0 Å². The van der Waals surface area contributed by atoms with Crippen molar-refractivity contribution in [1.29, 1.82) is 0 Å². The van der Waals surface area contributed by atoms with Crippen LogP contribution < -0.4 is 5.32 Å². The second kappa shape index (κ2) is 8.84. The number of anilines is 1. The third kappa shape index (κ3) is 4.93. The van der Waals surface area contributed by atoms with Crippen LogP contribution in [-0.4, -0.2) is 23.3 Å². The predicted octanol–water partition coefficient (Wildman–Crippen LogP) is 3.63. The fraction of sp³-hybridized carbons (Fsp3) is 0.158. The van der Waals surface area contributed by atoms with Gasteiger partial charge in [-0.1, -0.05) is 36.9 Å². The van der Waals surface area contributed by atoms with Crippen LogP contribution in [0.15, 0.2) is 67.1 Å². The van der Waals surface area contributed by atoms with Crippen molar-refractivity contribution in [1.82, 2.24) is 4.90 Å². The van der Waals surface area contributed by atoms with E-state index in [1.807, 2.05) is 35.7 Å². The highest BCUT2D eigenvalue weighted by Crippen LogP contribution is 2.18. The Balaban J connectivity index is 2.12. The molecule has 0 aliphatic carbocycles. The van der Waals surface area contributed by atoms with E-state index in [-0.39, 0.29) is 18.2 Å². The largest absolute Gasteiger partial charge is 0.334 e. The van der Waals surface area contributed by atoms with E-state index < -0.39 is 0 Å². The van der Waals surface area contributed by atoms with Crippen molar-refractivity contribution in [2.45, 2.75) is 13.0 Å². The number of amides is 2. The first-order valence-electron chi connectivity index (χ1n) is 7.56. The molecule has 0 saturated carbocycles. The number of hydrogen-bond acceptors (Lipinski definition) is 3. The minimum absolute atomic E-state index is 0.0106. The molecule has 2 rings (SSSR count). The first kappa shape index (κ1) is 17.7. The van der Waals surface area contributed by atoms with Crippen LogP contribution in [0.1, 0.15) is 10.4 Å². The molecule has 0 fully saturated rings. The summed E-state index contributed by atoms with van der Waals surface area (Å²) >= 11 is 1.62. The summed E-state index contributed by atoms with van der Waals surface area (Å²) in [7, 11) is 0. The van der Waals surface area contributed by atoms with Gasteiger partial charge in [0.15, 0.2) is 0 Å². The molecule has 1 aromatic carbocycles. The average Bonchev–Trinajstić information content (AvgIpc) is 3.09. The van der Waals surface area contributed by atoms with Crippen molar-refractivity contribution in [3.05, 3.63) is 77.5 Å². The highest BCUT2D eigenvalue weighted by atomic mass is 32.1. The molecule has 0 atom stereocenters. The van der Waals surface area contributed by atoms with Gasteiger partial charge in [-0.25, -0.2) is 0 Å². The van der Waals surface area contributed by atoms with E-state index in [0.29, 0.717) is 18.8 Å². The van der Waals surface area contributed by atoms with Crippen LogP contribution in [0, 0.1) is 0 Å². The number of nitrogens with one attached hydrogen (secondary N) is 1. The maximum atomic E-state index is 12.7. The maximum absolute atomic E-state index is 12.7. The van der Waals surface area contributed by atoms with Crippen LogP contribution in [0.2, 0.25) is 0 Å². The van der Waals surface area contributed by atoms with E-state index >= 15 is 0 Å². The Hall–Kier alpha value is -2.66. The van der Waals surface area contributed by atoms with E-state index in [2.05, 4.69) is 18.5 Å². The van der Waals surface area contributed by atoms with Gasteiger partial charge in [-0.05, 0) is 29.2 Å². The number of para-hydroxylation sites is 1. The summed E-state index contributed by atoms with van der Waals surface area (Å²) in [5, 5.41) is 4.73. The summed E-state index contributed by atoms with van der Waals surface area (Å²) in [6, 6.07) is 11.3. The van der Waals surface area contributed by atoms with Gasteiger partial charge in [0.1, 0.15) is 0 Å². The van der Waals surface area contributed by atoms with Gasteiger partial charge in [0.05, 0.1) is 13.0 Å². The van der Waals surface area contributed by atoms with Crippen LogP contribution in [-0.2, 0) is 22.6 Å². The minimum atomic E-state index is -0.295. The lowest BCUT2D eigenvalue weighted by molar-refractivity contribution is -0.130. The van der Waals surface area contributed by atoms with Crippen molar-refractivity contribution in [2.75, 3.05) is 11.9 Å². The summed E-state index contributed by atoms with van der Waals surface area (Å²) in [4.78, 5) is 27.1. The van der Waals surface area contributed by atoms with E-state index in [9.17, 15) is 9.59 Å². The Morgan fingerprint density at radius 2 is 1.96 bits per heavy atom. The van der Waals surface area contributed by atoms with Crippen LogP contribution >= 0.6 is 11.3 Å². The summed E-state index contributed by atoms with van der Waals surface area (Å²) in [5.41, 5.74) is 1.41. The molecule has 5 heteroatoms. The van der Waals surface area contributed by atoms with E-state index in [0.717, 1.165) is 10.4 Å². The Bertz CT molecular complexity index is 723. The zero-order valence-electron chi connectivity index (χ0n) is 13.4. The highest BCUT2D eigenvalue weighted by Gasteiger charge is 2.16. The molecule has 1 N–H and O–H groups in total.